The molecule has 334 valence electrons. The van der Waals surface area contributed by atoms with Gasteiger partial charge in [-0.15, -0.1) is 0 Å². The van der Waals surface area contributed by atoms with Crippen molar-refractivity contribution in [3.63, 3.8) is 0 Å². The average Bonchev–Trinajstić information content (AvgIpc) is 3.69. The minimum atomic E-state index is -0.897. The summed E-state index contributed by atoms with van der Waals surface area (Å²) in [5, 5.41) is 8.91. The van der Waals surface area contributed by atoms with Gasteiger partial charge in [0.2, 0.25) is 29.5 Å². The van der Waals surface area contributed by atoms with Crippen LogP contribution in [0.15, 0.2) is 54.6 Å². The Bertz CT molecular complexity index is 1680. The van der Waals surface area contributed by atoms with Gasteiger partial charge in [-0.2, -0.15) is 0 Å². The molecule has 0 spiro atoms. The molecule has 1 aliphatic heterocycles. The third-order valence-corrected chi connectivity index (χ3v) is 12.0. The van der Waals surface area contributed by atoms with Crippen molar-refractivity contribution in [2.75, 3.05) is 53.0 Å². The van der Waals surface area contributed by atoms with E-state index in [0.29, 0.717) is 24.3 Å². The first-order valence-electron chi connectivity index (χ1n) is 21.5. The largest absolute Gasteiger partial charge is 0.399 e. The topological polar surface area (TPSA) is 176 Å². The molecule has 0 saturated carbocycles. The number of nitrogens with one attached hydrogen (secondary N) is 3. The van der Waals surface area contributed by atoms with Gasteiger partial charge in [0.05, 0.1) is 42.7 Å². The zero-order valence-corrected chi connectivity index (χ0v) is 38.1. The Balaban J connectivity index is 1.81. The molecule has 0 aromatic heterocycles. The number of methoxy groups -OCH3 is 2. The van der Waals surface area contributed by atoms with Crippen LogP contribution in [0.3, 0.4) is 0 Å². The van der Waals surface area contributed by atoms with Crippen LogP contribution in [0.25, 0.3) is 0 Å². The number of benzene rings is 2. The van der Waals surface area contributed by atoms with E-state index in [2.05, 4.69) is 16.0 Å². The normalized spacial score (nSPS) is 18.2. The molecule has 1 aliphatic rings. The molecule has 3 rings (SSSR count). The first-order chi connectivity index (χ1) is 28.4. The van der Waals surface area contributed by atoms with Gasteiger partial charge in [0.15, 0.2) is 0 Å². The van der Waals surface area contributed by atoms with Gasteiger partial charge in [0, 0.05) is 45.6 Å². The van der Waals surface area contributed by atoms with E-state index in [0.717, 1.165) is 18.4 Å². The molecule has 1 fully saturated rings. The highest BCUT2D eigenvalue weighted by Crippen LogP contribution is 2.30. The van der Waals surface area contributed by atoms with E-state index in [1.165, 1.54) is 7.11 Å². The molecule has 1 heterocycles. The molecular formula is C46H73N7O7. The molecule has 5 N–H and O–H groups in total. The first-order valence-corrected chi connectivity index (χ1v) is 21.5. The highest BCUT2D eigenvalue weighted by Gasteiger charge is 2.43. The fourth-order valence-corrected chi connectivity index (χ4v) is 8.57. The Hall–Kier alpha value is -4.53. The molecule has 0 aliphatic carbocycles. The number of hydrogen-bond acceptors (Lipinski definition) is 9. The van der Waals surface area contributed by atoms with Crippen molar-refractivity contribution in [1.82, 2.24) is 25.3 Å². The second kappa shape index (κ2) is 23.5. The molecule has 60 heavy (non-hydrogen) atoms. The van der Waals surface area contributed by atoms with Gasteiger partial charge >= 0.3 is 0 Å². The van der Waals surface area contributed by atoms with Crippen molar-refractivity contribution >= 4 is 40.9 Å². The predicted molar refractivity (Wildman–Crippen MR) is 237 cm³/mol. The van der Waals surface area contributed by atoms with Crippen LogP contribution in [0, 0.1) is 23.7 Å². The molecule has 9 atom stereocenters. The number of hydrogen-bond donors (Lipinski definition) is 4. The number of anilines is 2. The summed E-state index contributed by atoms with van der Waals surface area (Å²) in [7, 11) is 8.52. The number of rotatable bonds is 22. The summed E-state index contributed by atoms with van der Waals surface area (Å²) in [5.74, 6) is -2.31. The number of likely N-dealkylation sites (N-methyl/N-ethyl adjacent to an activating group) is 2. The zero-order chi connectivity index (χ0) is 44.8. The highest BCUT2D eigenvalue weighted by molar-refractivity contribution is 5.98. The molecule has 1 saturated heterocycles. The van der Waals surface area contributed by atoms with Crippen LogP contribution in [0.5, 0.6) is 0 Å². The van der Waals surface area contributed by atoms with Gasteiger partial charge in [0.1, 0.15) is 12.1 Å². The first kappa shape index (κ1) is 49.8. The number of nitrogen functional groups attached to an aromatic ring is 1. The maximum atomic E-state index is 14.4. The fraction of sp³-hybridized carbons (Fsp3) is 0.630. The van der Waals surface area contributed by atoms with E-state index in [-0.39, 0.29) is 60.1 Å². The minimum absolute atomic E-state index is 0.00411. The van der Waals surface area contributed by atoms with Crippen LogP contribution < -0.4 is 21.7 Å². The van der Waals surface area contributed by atoms with Crippen LogP contribution in [0.2, 0.25) is 0 Å². The number of amides is 5. The van der Waals surface area contributed by atoms with Gasteiger partial charge in [-0.1, -0.05) is 85.2 Å². The lowest BCUT2D eigenvalue weighted by molar-refractivity contribution is -0.148. The molecule has 2 aromatic carbocycles. The molecular weight excluding hydrogens is 763 g/mol. The van der Waals surface area contributed by atoms with Crippen molar-refractivity contribution in [2.24, 2.45) is 23.7 Å². The van der Waals surface area contributed by atoms with E-state index in [1.807, 2.05) is 90.9 Å². The summed E-state index contributed by atoms with van der Waals surface area (Å²) in [6.45, 7) is 14.1. The van der Waals surface area contributed by atoms with E-state index in [4.69, 9.17) is 15.2 Å². The monoisotopic (exact) mass is 836 g/mol. The lowest BCUT2D eigenvalue weighted by Crippen LogP contribution is -2.59. The summed E-state index contributed by atoms with van der Waals surface area (Å²) < 4.78 is 12.1. The maximum absolute atomic E-state index is 14.4. The lowest BCUT2D eigenvalue weighted by atomic mass is 9.89. The van der Waals surface area contributed by atoms with Crippen LogP contribution in [0.4, 0.5) is 11.4 Å². The minimum Gasteiger partial charge on any atom is -0.399 e. The summed E-state index contributed by atoms with van der Waals surface area (Å²) >= 11 is 0. The smallest absolute Gasteiger partial charge is 0.247 e. The number of nitrogens with zero attached hydrogens (tertiary/aromatic N) is 3. The standard InChI is InChI=1S/C46H73N7O7/c1-13-30(6)41(52(10)46(58)39(28(2)3)50-45(57)40(29(4)5)51(8)9)37(59-11)27-38(54)53-25-17-20-36(53)42(60-12)31(7)43(55)49-35(26-32-18-15-14-16-19-32)44(56)48-34-23-21-33(47)22-24-34/h14-16,18-19,21-24,28-31,35-37,39-42H,13,17,20,25-27,47H2,1-12H3,(H,48,56)(H,49,55)(H,50,57)/t30-,31+,35-,36-,37+,39-,40-,41-,42+/m0/s1. The number of carbonyl (C=O) groups is 5. The van der Waals surface area contributed by atoms with Crippen molar-refractivity contribution < 1.29 is 33.4 Å². The van der Waals surface area contributed by atoms with Gasteiger partial charge in [-0.3, -0.25) is 28.9 Å². The van der Waals surface area contributed by atoms with Gasteiger partial charge in [-0.05, 0) is 74.5 Å². The number of ether oxygens (including phenoxy) is 2. The van der Waals surface area contributed by atoms with E-state index in [1.54, 1.807) is 55.1 Å². The summed E-state index contributed by atoms with van der Waals surface area (Å²) in [5.41, 5.74) is 7.83. The second-order valence-corrected chi connectivity index (χ2v) is 17.3. The van der Waals surface area contributed by atoms with Crippen molar-refractivity contribution in [3.8, 4) is 0 Å². The predicted octanol–water partition coefficient (Wildman–Crippen LogP) is 4.58. The molecule has 5 amide bonds. The SMILES string of the molecule is CC[C@H](C)[C@@H]([C@@H](CC(=O)N1CCC[C@H]1[C@H](OC)[C@@H](C)C(=O)N[C@@H](Cc1ccccc1)C(=O)Nc1ccc(N)cc1)OC)N(C)C(=O)[C@@H](NC(=O)[C@H](C(C)C)N(C)C)C(C)C. The molecule has 0 radical (unpaired) electrons. The maximum Gasteiger partial charge on any atom is 0.247 e. The Morgan fingerprint density at radius 3 is 2.00 bits per heavy atom. The Kier molecular flexibility index (Phi) is 19.5. The van der Waals surface area contributed by atoms with Crippen molar-refractivity contribution in [1.29, 1.82) is 0 Å². The molecule has 2 aromatic rings. The third-order valence-electron chi connectivity index (χ3n) is 12.0. The van der Waals surface area contributed by atoms with E-state index >= 15 is 0 Å². The van der Waals surface area contributed by atoms with Crippen LogP contribution in [-0.2, 0) is 39.9 Å². The number of likely N-dealkylation sites (tertiary alicyclic amines) is 1. The molecule has 14 heteroatoms. The zero-order valence-electron chi connectivity index (χ0n) is 38.1. The Labute approximate surface area is 358 Å². The van der Waals surface area contributed by atoms with Crippen LogP contribution >= 0.6 is 0 Å². The van der Waals surface area contributed by atoms with Gasteiger partial charge in [-0.25, -0.2) is 0 Å². The van der Waals surface area contributed by atoms with Crippen LogP contribution in [0.1, 0.15) is 79.7 Å². The van der Waals surface area contributed by atoms with E-state index < -0.39 is 48.3 Å². The number of nitrogens with two attached hydrogens (primary N) is 1. The Morgan fingerprint density at radius 1 is 0.833 bits per heavy atom. The van der Waals surface area contributed by atoms with E-state index in [9.17, 15) is 24.0 Å². The average molecular weight is 836 g/mol. The second-order valence-electron chi connectivity index (χ2n) is 17.3. The molecule has 14 nitrogen and oxygen atoms in total. The summed E-state index contributed by atoms with van der Waals surface area (Å²) in [6, 6.07) is 13.3. The summed E-state index contributed by atoms with van der Waals surface area (Å²) in [4.78, 5) is 75.1. The van der Waals surface area contributed by atoms with Gasteiger partial charge < -0.3 is 41.0 Å². The molecule has 0 bridgehead atoms. The Morgan fingerprint density at radius 2 is 1.47 bits per heavy atom. The quantitative estimate of drug-likeness (QED) is 0.124. The lowest BCUT2D eigenvalue weighted by Gasteiger charge is -2.41. The fourth-order valence-electron chi connectivity index (χ4n) is 8.57. The van der Waals surface area contributed by atoms with Crippen molar-refractivity contribution in [2.45, 2.75) is 123 Å². The van der Waals surface area contributed by atoms with Crippen molar-refractivity contribution in [3.05, 3.63) is 60.2 Å². The summed E-state index contributed by atoms with van der Waals surface area (Å²) in [6.07, 6.45) is 0.994. The van der Waals surface area contributed by atoms with Crippen LogP contribution in [-0.4, -0.2) is 129 Å². The molecule has 0 unspecified atom stereocenters. The highest BCUT2D eigenvalue weighted by atomic mass is 16.5. The van der Waals surface area contributed by atoms with Gasteiger partial charge in [0.25, 0.3) is 0 Å². The number of carbonyl (C=O) groups excluding carboxylic acids is 5. The third kappa shape index (κ3) is 13.2.